The van der Waals surface area contributed by atoms with Crippen molar-refractivity contribution in [2.75, 3.05) is 7.05 Å². The summed E-state index contributed by atoms with van der Waals surface area (Å²) in [6.07, 6.45) is 1.84. The topological polar surface area (TPSA) is 75.8 Å². The lowest BCUT2D eigenvalue weighted by atomic mass is 9.97. The molecule has 1 heterocycles. The Morgan fingerprint density at radius 1 is 1.03 bits per heavy atom. The molecule has 186 valence electrons. The van der Waals surface area contributed by atoms with Crippen molar-refractivity contribution in [2.45, 2.75) is 13.5 Å². The van der Waals surface area contributed by atoms with E-state index in [1.807, 2.05) is 60.8 Å². The number of pyridine rings is 1. The maximum absolute atomic E-state index is 6.12. The number of hydrazine groups is 1. The van der Waals surface area contributed by atoms with Crippen molar-refractivity contribution >= 4 is 43.3 Å². The van der Waals surface area contributed by atoms with Crippen molar-refractivity contribution < 1.29 is 4.18 Å². The second-order valence-corrected chi connectivity index (χ2v) is 9.19. The van der Waals surface area contributed by atoms with Crippen LogP contribution in [-0.4, -0.2) is 22.4 Å². The number of halogens is 1. The summed E-state index contributed by atoms with van der Waals surface area (Å²) in [5, 5.41) is 0.691. The molecule has 0 aliphatic rings. The van der Waals surface area contributed by atoms with Crippen LogP contribution in [0.1, 0.15) is 11.1 Å². The minimum atomic E-state index is 0. The van der Waals surface area contributed by atoms with Crippen LogP contribution in [0, 0.1) is 6.92 Å². The van der Waals surface area contributed by atoms with Crippen LogP contribution in [0.25, 0.3) is 22.4 Å². The molecule has 0 spiro atoms. The fourth-order valence-corrected chi connectivity index (χ4v) is 3.92. The highest BCUT2D eigenvalue weighted by Gasteiger charge is 2.11. The van der Waals surface area contributed by atoms with Crippen LogP contribution in [-0.2, 0) is 6.54 Å². The monoisotopic (exact) mass is 537 g/mol. The zero-order valence-corrected chi connectivity index (χ0v) is 22.6. The lowest BCUT2D eigenvalue weighted by Gasteiger charge is -2.16. The van der Waals surface area contributed by atoms with E-state index < -0.39 is 0 Å². The van der Waals surface area contributed by atoms with Gasteiger partial charge in [-0.25, -0.2) is 4.99 Å². The van der Waals surface area contributed by atoms with Crippen molar-refractivity contribution in [3.05, 3.63) is 107 Å². The average Bonchev–Trinajstić information content (AvgIpc) is 2.88. The van der Waals surface area contributed by atoms with Crippen molar-refractivity contribution in [1.29, 1.82) is 0 Å². The van der Waals surface area contributed by atoms with Crippen molar-refractivity contribution in [3.8, 4) is 28.1 Å². The molecule has 0 aliphatic heterocycles. The number of rotatable bonds is 8. The Morgan fingerprint density at radius 3 is 2.39 bits per heavy atom. The van der Waals surface area contributed by atoms with Gasteiger partial charge in [0.05, 0.1) is 12.2 Å². The number of hydrogen-bond acceptors (Lipinski definition) is 5. The molecule has 0 fully saturated rings. The second kappa shape index (κ2) is 13.2. The molecular formula is C27H28ClN5OS2. The first-order valence-electron chi connectivity index (χ1n) is 11.0. The van der Waals surface area contributed by atoms with Gasteiger partial charge in [0, 0.05) is 29.4 Å². The van der Waals surface area contributed by atoms with Gasteiger partial charge in [-0.3, -0.25) is 10.4 Å². The van der Waals surface area contributed by atoms with Crippen LogP contribution < -0.4 is 15.3 Å². The van der Waals surface area contributed by atoms with E-state index in [2.05, 4.69) is 47.7 Å². The molecule has 0 unspecified atom stereocenters. The van der Waals surface area contributed by atoms with Crippen molar-refractivity contribution in [3.63, 3.8) is 0 Å². The summed E-state index contributed by atoms with van der Waals surface area (Å²) in [5.74, 6) is 1.02. The first kappa shape index (κ1) is 27.4. The molecule has 0 saturated carbocycles. The molecule has 9 heteroatoms. The van der Waals surface area contributed by atoms with Gasteiger partial charge in [0.1, 0.15) is 5.75 Å². The summed E-state index contributed by atoms with van der Waals surface area (Å²) in [6, 6.07) is 27.7. The minimum Gasteiger partial charge on any atom is -0.408 e. The number of nitrogens with zero attached hydrogens (tertiary/aromatic N) is 3. The van der Waals surface area contributed by atoms with E-state index in [1.165, 1.54) is 5.56 Å². The van der Waals surface area contributed by atoms with Gasteiger partial charge < -0.3 is 9.92 Å². The van der Waals surface area contributed by atoms with Crippen molar-refractivity contribution in [2.24, 2.45) is 10.7 Å². The van der Waals surface area contributed by atoms with Crippen LogP contribution in [0.3, 0.4) is 0 Å². The summed E-state index contributed by atoms with van der Waals surface area (Å²) < 4.78 is 7.26. The molecule has 4 rings (SSSR count). The molecule has 36 heavy (non-hydrogen) atoms. The predicted octanol–water partition coefficient (Wildman–Crippen LogP) is 6.38. The number of guanidine groups is 1. The van der Waals surface area contributed by atoms with Gasteiger partial charge in [0.2, 0.25) is 5.96 Å². The summed E-state index contributed by atoms with van der Waals surface area (Å²) in [6.45, 7) is 2.44. The van der Waals surface area contributed by atoms with E-state index in [0.717, 1.165) is 45.9 Å². The standard InChI is InChI=1S/C27H26ClN5OS.H2S/c1-19-8-10-22(11-9-19)26-25(21-12-14-23(28)15-13-21)16-20(17-30-26)18-31-27(29)32-33(2)35-34-24-6-4-3-5-7-24;/h3-17H,18H2,1-2H3,(H3,29,31,32);1H2. The molecule has 0 bridgehead atoms. The molecule has 3 N–H and O–H groups in total. The zero-order chi connectivity index (χ0) is 24.6. The van der Waals surface area contributed by atoms with Crippen molar-refractivity contribution in [1.82, 2.24) is 14.8 Å². The minimum absolute atomic E-state index is 0. The summed E-state index contributed by atoms with van der Waals surface area (Å²) in [5.41, 5.74) is 15.2. The maximum Gasteiger partial charge on any atom is 0.204 e. The Hall–Kier alpha value is -3.17. The van der Waals surface area contributed by atoms with Crippen LogP contribution in [0.4, 0.5) is 0 Å². The second-order valence-electron chi connectivity index (χ2n) is 7.89. The lowest BCUT2D eigenvalue weighted by molar-refractivity contribution is 0.471. The Labute approximate surface area is 228 Å². The van der Waals surface area contributed by atoms with E-state index in [1.54, 1.807) is 11.5 Å². The number of aromatic nitrogens is 1. The Kier molecular flexibility index (Phi) is 10.1. The number of aliphatic imine (C=N–C) groups is 1. The first-order valence-corrected chi connectivity index (χ1v) is 12.1. The number of nitrogens with one attached hydrogen (secondary N) is 1. The molecule has 1 aromatic heterocycles. The highest BCUT2D eigenvalue weighted by molar-refractivity contribution is 7.92. The smallest absolute Gasteiger partial charge is 0.204 e. The van der Waals surface area contributed by atoms with Gasteiger partial charge in [-0.1, -0.05) is 71.8 Å². The van der Waals surface area contributed by atoms with E-state index in [0.29, 0.717) is 11.6 Å². The predicted molar refractivity (Wildman–Crippen MR) is 156 cm³/mol. The SMILES string of the molecule is Cc1ccc(-c2ncc(CN=C(N)NN(C)SOc3ccccc3)cc2-c2ccc(Cl)cc2)cc1.S. The third-order valence-electron chi connectivity index (χ3n) is 5.12. The Morgan fingerprint density at radius 2 is 1.69 bits per heavy atom. The van der Waals surface area contributed by atoms with Crippen LogP contribution in [0.15, 0.2) is 96.1 Å². The fraction of sp³-hybridized carbons (Fsp3) is 0.111. The Balaban J connectivity index is 0.00000361. The molecule has 3 aromatic carbocycles. The van der Waals surface area contributed by atoms with Gasteiger partial charge in [-0.2, -0.15) is 13.5 Å². The van der Waals surface area contributed by atoms with E-state index in [4.69, 9.17) is 26.5 Å². The average molecular weight is 538 g/mol. The highest BCUT2D eigenvalue weighted by atomic mass is 35.5. The summed E-state index contributed by atoms with van der Waals surface area (Å²) in [4.78, 5) is 9.25. The van der Waals surface area contributed by atoms with Crippen LogP contribution in [0.5, 0.6) is 5.75 Å². The normalized spacial score (nSPS) is 11.2. The van der Waals surface area contributed by atoms with E-state index in [-0.39, 0.29) is 19.5 Å². The zero-order valence-electron chi connectivity index (χ0n) is 20.0. The third-order valence-corrected chi connectivity index (χ3v) is 5.95. The third kappa shape index (κ3) is 7.66. The number of benzene rings is 3. The molecule has 4 aromatic rings. The summed E-state index contributed by atoms with van der Waals surface area (Å²) in [7, 11) is 1.80. The van der Waals surface area contributed by atoms with Gasteiger partial charge in [-0.15, -0.1) is 4.41 Å². The fourth-order valence-electron chi connectivity index (χ4n) is 3.35. The molecule has 0 atom stereocenters. The molecule has 0 aliphatic carbocycles. The van der Waals surface area contributed by atoms with E-state index in [9.17, 15) is 0 Å². The largest absolute Gasteiger partial charge is 0.408 e. The van der Waals surface area contributed by atoms with E-state index >= 15 is 0 Å². The molecular weight excluding hydrogens is 510 g/mol. The van der Waals surface area contributed by atoms with Gasteiger partial charge >= 0.3 is 0 Å². The molecule has 0 radical (unpaired) electrons. The van der Waals surface area contributed by atoms with Crippen LogP contribution >= 0.6 is 37.3 Å². The Bertz CT molecular complexity index is 1290. The molecule has 6 nitrogen and oxygen atoms in total. The summed E-state index contributed by atoms with van der Waals surface area (Å²) >= 11 is 7.24. The first-order chi connectivity index (χ1) is 17.0. The highest BCUT2D eigenvalue weighted by Crippen LogP contribution is 2.32. The number of nitrogens with two attached hydrogens (primary N) is 1. The molecule has 0 saturated heterocycles. The quantitative estimate of drug-likeness (QED) is 0.0892. The van der Waals surface area contributed by atoms with Crippen LogP contribution in [0.2, 0.25) is 5.02 Å². The maximum atomic E-state index is 6.12. The van der Waals surface area contributed by atoms with Gasteiger partial charge in [-0.05, 0) is 48.4 Å². The van der Waals surface area contributed by atoms with Gasteiger partial charge in [0.25, 0.3) is 0 Å². The number of para-hydroxylation sites is 1. The van der Waals surface area contributed by atoms with Gasteiger partial charge in [0.15, 0.2) is 12.2 Å². The number of aryl methyl sites for hydroxylation is 1. The molecule has 0 amide bonds. The lowest BCUT2D eigenvalue weighted by Crippen LogP contribution is -2.40. The number of hydrogen-bond donors (Lipinski definition) is 2.